The van der Waals surface area contributed by atoms with Crippen LogP contribution in [-0.4, -0.2) is 57.1 Å². The summed E-state index contributed by atoms with van der Waals surface area (Å²) >= 11 is 0. The van der Waals surface area contributed by atoms with Gasteiger partial charge in [0.15, 0.2) is 0 Å². The van der Waals surface area contributed by atoms with E-state index in [1.165, 1.54) is 22.9 Å². The van der Waals surface area contributed by atoms with E-state index in [9.17, 15) is 36.6 Å². The van der Waals surface area contributed by atoms with Crippen molar-refractivity contribution in [3.8, 4) is 16.9 Å². The average Bonchev–Trinajstić information content (AvgIpc) is 3.65. The molecule has 3 heterocycles. The van der Waals surface area contributed by atoms with Gasteiger partial charge in [0, 0.05) is 36.2 Å². The Balaban J connectivity index is 1.29. The lowest BCUT2D eigenvalue weighted by Gasteiger charge is -2.42. The number of carboxylic acids is 1. The molecule has 2 atom stereocenters. The molecular weight excluding hydrogens is 589 g/mol. The monoisotopic (exact) mass is 617 g/mol. The second kappa shape index (κ2) is 10.9. The van der Waals surface area contributed by atoms with Crippen LogP contribution in [0.1, 0.15) is 61.9 Å². The number of anilines is 1. The van der Waals surface area contributed by atoms with Gasteiger partial charge in [-0.1, -0.05) is 24.3 Å². The molecule has 2 aliphatic heterocycles. The number of nitrogens with zero attached hydrogens (tertiary/aromatic N) is 4. The first kappa shape index (κ1) is 29.6. The number of amides is 1. The van der Waals surface area contributed by atoms with Gasteiger partial charge in [0.1, 0.15) is 29.4 Å². The maximum Gasteiger partial charge on any atom is 0.573 e. The molecular formula is C30H28F5N5O4. The van der Waals surface area contributed by atoms with E-state index in [4.69, 9.17) is 0 Å². The fourth-order valence-electron chi connectivity index (χ4n) is 6.24. The summed E-state index contributed by atoms with van der Waals surface area (Å²) in [6, 6.07) is 12.2. The molecule has 44 heavy (non-hydrogen) atoms. The van der Waals surface area contributed by atoms with E-state index in [0.717, 1.165) is 18.9 Å². The van der Waals surface area contributed by atoms with E-state index in [1.54, 1.807) is 18.2 Å². The molecule has 2 aromatic carbocycles. The molecule has 1 saturated heterocycles. The van der Waals surface area contributed by atoms with Crippen LogP contribution in [0.2, 0.25) is 0 Å². The minimum Gasteiger partial charge on any atom is -0.480 e. The third kappa shape index (κ3) is 5.60. The predicted molar refractivity (Wildman–Crippen MR) is 149 cm³/mol. The van der Waals surface area contributed by atoms with Crippen molar-refractivity contribution in [2.75, 3.05) is 11.4 Å². The van der Waals surface area contributed by atoms with Crippen molar-refractivity contribution in [1.82, 2.24) is 15.1 Å². The molecule has 3 aliphatic rings. The molecule has 0 bridgehead atoms. The van der Waals surface area contributed by atoms with Crippen LogP contribution in [0.15, 0.2) is 53.5 Å². The summed E-state index contributed by atoms with van der Waals surface area (Å²) in [6.45, 7) is 1.72. The number of aliphatic imine (C=N–C) groups is 1. The number of alkyl halides is 5. The van der Waals surface area contributed by atoms with E-state index in [1.807, 2.05) is 17.9 Å². The molecule has 1 amide bonds. The lowest BCUT2D eigenvalue weighted by atomic mass is 9.83. The smallest absolute Gasteiger partial charge is 0.480 e. The predicted octanol–water partition coefficient (Wildman–Crippen LogP) is 5.65. The van der Waals surface area contributed by atoms with Gasteiger partial charge in [0.05, 0.1) is 11.3 Å². The Labute approximate surface area is 248 Å². The van der Waals surface area contributed by atoms with Crippen molar-refractivity contribution in [2.24, 2.45) is 4.99 Å². The highest BCUT2D eigenvalue weighted by Crippen LogP contribution is 2.48. The van der Waals surface area contributed by atoms with Crippen LogP contribution >= 0.6 is 0 Å². The van der Waals surface area contributed by atoms with Crippen LogP contribution in [0.25, 0.3) is 11.1 Å². The minimum absolute atomic E-state index is 0.00278. The SMILES string of the molecule is C[C@H]1C[C@@]2(CCN1c1cccc(-c3c(C(F)F)nn(CC(=O)O)c3C3CC3)c1)N=C(c1ccccc1OC(F)(F)F)NC2=O. The Morgan fingerprint density at radius 3 is 2.59 bits per heavy atom. The summed E-state index contributed by atoms with van der Waals surface area (Å²) in [4.78, 5) is 31.3. The number of carbonyl (C=O) groups excluding carboxylic acids is 1. The van der Waals surface area contributed by atoms with Crippen LogP contribution in [-0.2, 0) is 16.1 Å². The molecule has 1 aromatic heterocycles. The number of carbonyl (C=O) groups is 2. The number of benzene rings is 2. The lowest BCUT2D eigenvalue weighted by Crippen LogP contribution is -2.53. The third-order valence-corrected chi connectivity index (χ3v) is 8.22. The first-order chi connectivity index (χ1) is 20.8. The van der Waals surface area contributed by atoms with E-state index in [0.29, 0.717) is 23.5 Å². The molecule has 9 nitrogen and oxygen atoms in total. The number of hydrogen-bond acceptors (Lipinski definition) is 6. The normalized spacial score (nSPS) is 22.0. The number of halogens is 5. The number of ether oxygens (including phenoxy) is 1. The summed E-state index contributed by atoms with van der Waals surface area (Å²) in [5, 5.41) is 16.0. The number of nitrogens with one attached hydrogen (secondary N) is 1. The molecule has 1 aliphatic carbocycles. The number of hydrogen-bond donors (Lipinski definition) is 2. The van der Waals surface area contributed by atoms with Gasteiger partial charge in [0.2, 0.25) is 0 Å². The summed E-state index contributed by atoms with van der Waals surface area (Å²) < 4.78 is 72.6. The van der Waals surface area contributed by atoms with Gasteiger partial charge in [-0.15, -0.1) is 13.2 Å². The van der Waals surface area contributed by atoms with Gasteiger partial charge in [-0.25, -0.2) is 8.78 Å². The highest BCUT2D eigenvalue weighted by molar-refractivity contribution is 6.16. The second-order valence-electron chi connectivity index (χ2n) is 11.3. The third-order valence-electron chi connectivity index (χ3n) is 8.22. The van der Waals surface area contributed by atoms with Gasteiger partial charge in [-0.05, 0) is 56.0 Å². The molecule has 2 N–H and O–H groups in total. The van der Waals surface area contributed by atoms with Crippen molar-refractivity contribution in [2.45, 2.75) is 69.4 Å². The van der Waals surface area contributed by atoms with Crippen molar-refractivity contribution in [3.05, 3.63) is 65.5 Å². The summed E-state index contributed by atoms with van der Waals surface area (Å²) in [5.41, 5.74) is 0.292. The van der Waals surface area contributed by atoms with Gasteiger partial charge in [-0.2, -0.15) is 5.10 Å². The van der Waals surface area contributed by atoms with Crippen LogP contribution in [0.5, 0.6) is 5.75 Å². The fraction of sp³-hybridized carbons (Fsp3) is 0.400. The Hall–Kier alpha value is -4.49. The van der Waals surface area contributed by atoms with E-state index in [2.05, 4.69) is 20.1 Å². The molecule has 14 heteroatoms. The minimum atomic E-state index is -4.92. The van der Waals surface area contributed by atoms with Gasteiger partial charge in [-0.3, -0.25) is 19.3 Å². The molecule has 232 valence electrons. The number of para-hydroxylation sites is 1. The van der Waals surface area contributed by atoms with Crippen LogP contribution in [0, 0.1) is 0 Å². The van der Waals surface area contributed by atoms with Crippen molar-refractivity contribution >= 4 is 23.4 Å². The number of carboxylic acid groups (broad SMARTS) is 1. The van der Waals surface area contributed by atoms with Gasteiger partial charge >= 0.3 is 12.3 Å². The zero-order chi connectivity index (χ0) is 31.4. The molecule has 1 spiro atoms. The average molecular weight is 618 g/mol. The van der Waals surface area contributed by atoms with Crippen molar-refractivity contribution in [3.63, 3.8) is 0 Å². The van der Waals surface area contributed by atoms with Crippen LogP contribution in [0.3, 0.4) is 0 Å². The Morgan fingerprint density at radius 1 is 1.18 bits per heavy atom. The molecule has 1 saturated carbocycles. The second-order valence-corrected chi connectivity index (χ2v) is 11.3. The highest BCUT2D eigenvalue weighted by Gasteiger charge is 2.49. The topological polar surface area (TPSA) is 109 Å². The van der Waals surface area contributed by atoms with Gasteiger partial charge in [0.25, 0.3) is 12.3 Å². The summed E-state index contributed by atoms with van der Waals surface area (Å²) in [7, 11) is 0. The largest absolute Gasteiger partial charge is 0.573 e. The fourth-order valence-corrected chi connectivity index (χ4v) is 6.24. The number of piperidine rings is 1. The Kier molecular flexibility index (Phi) is 7.33. The van der Waals surface area contributed by atoms with Crippen molar-refractivity contribution in [1.29, 1.82) is 0 Å². The summed E-state index contributed by atoms with van der Waals surface area (Å²) in [6.07, 6.45) is -5.82. The standard InChI is InChI=1S/C30H28F5N5O4/c1-16-14-29(28(43)36-27(37-29)20-7-2-3-8-21(20)44-30(33,34)35)11-12-39(16)19-6-4-5-18(13-19)23-24(26(31)32)38-40(15-22(41)42)25(23)17-9-10-17/h2-8,13,16-17,26H,9-12,14-15H2,1H3,(H,41,42)(H,36,37,43)/t16-,29+/m0/s1. The van der Waals surface area contributed by atoms with E-state index < -0.39 is 48.2 Å². The Bertz CT molecular complexity index is 1650. The maximum absolute atomic E-state index is 14.2. The number of aliphatic carboxylic acids is 1. The first-order valence-corrected chi connectivity index (χ1v) is 14.1. The van der Waals surface area contributed by atoms with E-state index >= 15 is 0 Å². The van der Waals surface area contributed by atoms with E-state index in [-0.39, 0.29) is 41.8 Å². The van der Waals surface area contributed by atoms with Crippen LogP contribution in [0.4, 0.5) is 27.6 Å². The van der Waals surface area contributed by atoms with Gasteiger partial charge < -0.3 is 20.1 Å². The van der Waals surface area contributed by atoms with Crippen molar-refractivity contribution < 1.29 is 41.4 Å². The highest BCUT2D eigenvalue weighted by atomic mass is 19.4. The zero-order valence-electron chi connectivity index (χ0n) is 23.4. The molecule has 0 radical (unpaired) electrons. The maximum atomic E-state index is 14.2. The molecule has 0 unspecified atom stereocenters. The molecule has 3 aromatic rings. The van der Waals surface area contributed by atoms with Crippen LogP contribution < -0.4 is 15.0 Å². The number of rotatable bonds is 8. The number of aromatic nitrogens is 2. The Morgan fingerprint density at radius 2 is 1.93 bits per heavy atom. The molecule has 6 rings (SSSR count). The lowest BCUT2D eigenvalue weighted by molar-refractivity contribution is -0.274. The summed E-state index contributed by atoms with van der Waals surface area (Å²) in [5.74, 6) is -2.12. The zero-order valence-corrected chi connectivity index (χ0v) is 23.4. The molecule has 2 fully saturated rings. The quantitative estimate of drug-likeness (QED) is 0.316. The number of amidine groups is 1. The first-order valence-electron chi connectivity index (χ1n) is 14.1.